The number of aromatic nitrogens is 4. The molecule has 0 aromatic carbocycles. The number of fused-ring (bicyclic) bond motifs is 1. The number of carbonyl (C=O) groups is 4. The average Bonchev–Trinajstić information content (AvgIpc) is 3.70. The van der Waals surface area contributed by atoms with Gasteiger partial charge in [0.05, 0.1) is 25.5 Å². The van der Waals surface area contributed by atoms with E-state index >= 15 is 0 Å². The number of thioether (sulfide) groups is 1. The number of phosphoric acid groups is 3. The average molecular weight is 934 g/mol. The number of nitrogens with zero attached hydrogens (tertiary/aromatic N) is 4. The second kappa shape index (κ2) is 21.9. The molecule has 3 heterocycles. The summed E-state index contributed by atoms with van der Waals surface area (Å²) < 4.78 is 62.2. The lowest BCUT2D eigenvalue weighted by molar-refractivity contribution is -0.137. The van der Waals surface area contributed by atoms with Gasteiger partial charge in [-0.25, -0.2) is 28.6 Å². The van der Waals surface area contributed by atoms with Crippen molar-refractivity contribution in [2.45, 2.75) is 84.5 Å². The molecule has 338 valence electrons. The number of ketones is 1. The summed E-state index contributed by atoms with van der Waals surface area (Å²) in [6.45, 7) is 5.64. The molecule has 29 heteroatoms. The Kier molecular flexibility index (Phi) is 18.7. The summed E-state index contributed by atoms with van der Waals surface area (Å²) in [5.74, 6) is -2.30. The van der Waals surface area contributed by atoms with Crippen molar-refractivity contribution >= 4 is 74.9 Å². The maximum Gasteiger partial charge on any atom is 0.481 e. The third-order valence-electron chi connectivity index (χ3n) is 8.53. The standard InChI is InChI=1S/C31H50N7O18P3S/c1-17(2)7-6-8-19(39)18(3)30(44)60-12-11-33-21(40)9-10-34-28(43)25(42)31(4,5)14-53-59(50,51)56-58(48,49)52-13-20-24(55-57(45,46)47)23(41)29(54-20)38-16-37-22-26(32)35-15-36-27(22)38/h7,15-16,18,20,23-25,29,41-42H,6,8-14H2,1-5H3,(H,33,40)(H,34,43)(H,48,49)(H,50,51)(H2,32,35,36)(H2,45,46,47)/t18?,20-,23-,24-,25+,29-/m1/s1. The van der Waals surface area contributed by atoms with E-state index in [2.05, 4.69) is 34.4 Å². The van der Waals surface area contributed by atoms with Crippen LogP contribution >= 0.6 is 35.2 Å². The van der Waals surface area contributed by atoms with Crippen molar-refractivity contribution in [1.82, 2.24) is 30.2 Å². The molecule has 0 radical (unpaired) electrons. The molecule has 1 fully saturated rings. The van der Waals surface area contributed by atoms with Crippen molar-refractivity contribution in [2.24, 2.45) is 11.3 Å². The fraction of sp³-hybridized carbons (Fsp3) is 0.645. The second-order valence-corrected chi connectivity index (χ2v) is 19.6. The Labute approximate surface area is 347 Å². The molecular formula is C31H50N7O18P3S. The van der Waals surface area contributed by atoms with Gasteiger partial charge in [0, 0.05) is 37.1 Å². The largest absolute Gasteiger partial charge is 0.481 e. The number of rotatable bonds is 24. The van der Waals surface area contributed by atoms with E-state index in [-0.39, 0.29) is 59.6 Å². The summed E-state index contributed by atoms with van der Waals surface area (Å²) in [5, 5.41) is 26.1. The quantitative estimate of drug-likeness (QED) is 0.0301. The molecular weight excluding hydrogens is 883 g/mol. The van der Waals surface area contributed by atoms with Crippen molar-refractivity contribution in [3.63, 3.8) is 0 Å². The first kappa shape index (κ1) is 51.3. The van der Waals surface area contributed by atoms with Crippen LogP contribution in [0.15, 0.2) is 24.3 Å². The summed E-state index contributed by atoms with van der Waals surface area (Å²) >= 11 is 0.910. The monoisotopic (exact) mass is 933 g/mol. The number of Topliss-reactive ketones (excluding diaryl/α,β-unsaturated/α-hetero) is 1. The second-order valence-electron chi connectivity index (χ2n) is 14.2. The molecule has 1 saturated heterocycles. The van der Waals surface area contributed by atoms with Crippen LogP contribution in [0, 0.1) is 11.3 Å². The van der Waals surface area contributed by atoms with Gasteiger partial charge in [-0.15, -0.1) is 0 Å². The number of nitrogen functional groups attached to an aromatic ring is 1. The van der Waals surface area contributed by atoms with Gasteiger partial charge in [-0.05, 0) is 27.2 Å². The normalized spacial score (nSPS) is 21.4. The minimum Gasteiger partial charge on any atom is -0.386 e. The number of amides is 2. The number of ether oxygens (including phenoxy) is 1. The van der Waals surface area contributed by atoms with Gasteiger partial charge in [-0.2, -0.15) is 4.31 Å². The first-order valence-electron chi connectivity index (χ1n) is 17.9. The zero-order valence-electron chi connectivity index (χ0n) is 33.1. The fourth-order valence-electron chi connectivity index (χ4n) is 5.26. The Bertz CT molecular complexity index is 2030. The molecule has 0 spiro atoms. The minimum atomic E-state index is -5.59. The number of allylic oxidation sites excluding steroid dienone is 2. The molecule has 0 bridgehead atoms. The van der Waals surface area contributed by atoms with Crippen molar-refractivity contribution in [2.75, 3.05) is 37.8 Å². The van der Waals surface area contributed by atoms with Crippen LogP contribution in [0.4, 0.5) is 5.82 Å². The zero-order valence-corrected chi connectivity index (χ0v) is 36.6. The molecule has 2 aromatic rings. The van der Waals surface area contributed by atoms with Gasteiger partial charge >= 0.3 is 23.5 Å². The highest BCUT2D eigenvalue weighted by Gasteiger charge is 2.50. The third kappa shape index (κ3) is 15.7. The number of anilines is 1. The molecule has 1 aliphatic rings. The summed E-state index contributed by atoms with van der Waals surface area (Å²) in [7, 11) is -16.4. The number of nitrogens with two attached hydrogens (primary N) is 1. The molecule has 60 heavy (non-hydrogen) atoms. The Morgan fingerprint density at radius 3 is 2.35 bits per heavy atom. The first-order chi connectivity index (χ1) is 27.7. The molecule has 0 saturated carbocycles. The van der Waals surface area contributed by atoms with E-state index in [9.17, 15) is 62.7 Å². The summed E-state index contributed by atoms with van der Waals surface area (Å²) in [6.07, 6.45) is -4.34. The predicted octanol–water partition coefficient (Wildman–Crippen LogP) is 0.616. The Balaban J connectivity index is 1.45. The van der Waals surface area contributed by atoms with Gasteiger partial charge < -0.3 is 50.9 Å². The predicted molar refractivity (Wildman–Crippen MR) is 210 cm³/mol. The number of aliphatic hydroxyl groups excluding tert-OH is 2. The highest BCUT2D eigenvalue weighted by Crippen LogP contribution is 2.61. The summed E-state index contributed by atoms with van der Waals surface area (Å²) in [6, 6.07) is 0. The van der Waals surface area contributed by atoms with Crippen LogP contribution in [-0.2, 0) is 55.5 Å². The van der Waals surface area contributed by atoms with E-state index in [1.165, 1.54) is 20.8 Å². The lowest BCUT2D eigenvalue weighted by atomic mass is 9.87. The Morgan fingerprint density at radius 2 is 1.70 bits per heavy atom. The molecule has 0 aliphatic carbocycles. The van der Waals surface area contributed by atoms with Crippen LogP contribution < -0.4 is 16.4 Å². The number of nitrogens with one attached hydrogen (secondary N) is 2. The van der Waals surface area contributed by atoms with Crippen LogP contribution in [0.25, 0.3) is 11.2 Å². The molecule has 3 rings (SSSR count). The highest BCUT2D eigenvalue weighted by molar-refractivity contribution is 8.13. The maximum absolute atomic E-state index is 12.7. The lowest BCUT2D eigenvalue weighted by Gasteiger charge is -2.30. The molecule has 3 unspecified atom stereocenters. The van der Waals surface area contributed by atoms with Crippen molar-refractivity contribution in [1.29, 1.82) is 0 Å². The van der Waals surface area contributed by atoms with Crippen LogP contribution in [0.1, 0.15) is 60.1 Å². The van der Waals surface area contributed by atoms with E-state index in [0.29, 0.717) is 6.42 Å². The third-order valence-corrected chi connectivity index (χ3v) is 12.7. The van der Waals surface area contributed by atoms with E-state index in [1.54, 1.807) is 0 Å². The number of hydrogen-bond donors (Lipinski definition) is 9. The molecule has 1 aliphatic heterocycles. The van der Waals surface area contributed by atoms with Crippen LogP contribution in [0.3, 0.4) is 0 Å². The molecule has 25 nitrogen and oxygen atoms in total. The first-order valence-corrected chi connectivity index (χ1v) is 23.5. The van der Waals surface area contributed by atoms with Gasteiger partial charge in [-0.3, -0.25) is 37.3 Å². The maximum atomic E-state index is 12.7. The molecule has 2 amide bonds. The van der Waals surface area contributed by atoms with Crippen molar-refractivity contribution in [3.8, 4) is 0 Å². The Morgan fingerprint density at radius 1 is 1.03 bits per heavy atom. The number of carbonyl (C=O) groups excluding carboxylic acids is 4. The van der Waals surface area contributed by atoms with E-state index in [0.717, 1.165) is 34.6 Å². The number of imidazole rings is 1. The molecule has 2 aromatic heterocycles. The van der Waals surface area contributed by atoms with Gasteiger partial charge in [-0.1, -0.05) is 37.3 Å². The number of hydrogen-bond acceptors (Lipinski definition) is 19. The van der Waals surface area contributed by atoms with Crippen molar-refractivity contribution in [3.05, 3.63) is 24.3 Å². The fourth-order valence-corrected chi connectivity index (χ4v) is 8.87. The van der Waals surface area contributed by atoms with E-state index < -0.39 is 90.5 Å². The van der Waals surface area contributed by atoms with Gasteiger partial charge in [0.2, 0.25) is 11.8 Å². The van der Waals surface area contributed by atoms with Crippen LogP contribution in [-0.4, -0.2) is 128 Å². The minimum absolute atomic E-state index is 0.0236. The smallest absolute Gasteiger partial charge is 0.386 e. The van der Waals surface area contributed by atoms with Gasteiger partial charge in [0.25, 0.3) is 0 Å². The zero-order chi connectivity index (χ0) is 45.2. The topological polar surface area (TPSA) is 381 Å². The van der Waals surface area contributed by atoms with Gasteiger partial charge in [0.1, 0.15) is 42.0 Å². The summed E-state index contributed by atoms with van der Waals surface area (Å²) in [4.78, 5) is 100. The van der Waals surface area contributed by atoms with E-state index in [4.69, 9.17) is 19.5 Å². The van der Waals surface area contributed by atoms with Gasteiger partial charge in [0.15, 0.2) is 22.8 Å². The lowest BCUT2D eigenvalue weighted by Crippen LogP contribution is -2.46. The molecule has 8 atom stereocenters. The van der Waals surface area contributed by atoms with E-state index in [1.807, 2.05) is 19.9 Å². The number of phosphoric ester groups is 3. The number of aliphatic hydroxyl groups is 2. The van der Waals surface area contributed by atoms with Crippen molar-refractivity contribution < 1.29 is 85.3 Å². The van der Waals surface area contributed by atoms with Crippen LogP contribution in [0.2, 0.25) is 0 Å². The Hall–Kier alpha value is -3.03. The van der Waals surface area contributed by atoms with Crippen LogP contribution in [0.5, 0.6) is 0 Å². The highest BCUT2D eigenvalue weighted by atomic mass is 32.2. The SMILES string of the molecule is CC(C)=CCCC(=O)C(C)C(=O)SCCNC(=O)CCNC(=O)[C@H](O)C(C)(C)COP(=O)(O)OP(=O)(O)OC[C@H]1O[C@@H](n2cnc3c(N)ncnc32)[C@H](O)[C@@H]1OP(=O)(O)O. The molecule has 10 N–H and O–H groups in total. The summed E-state index contributed by atoms with van der Waals surface area (Å²) in [5.41, 5.74) is 5.30.